The highest BCUT2D eigenvalue weighted by atomic mass is 32.2. The number of benzene rings is 3. The molecule has 0 spiro atoms. The molecule has 2 N–H and O–H groups in total. The zero-order chi connectivity index (χ0) is 29.5. The Balaban J connectivity index is 1.40. The van der Waals surface area contributed by atoms with Crippen LogP contribution in [0.25, 0.3) is 22.2 Å². The Kier molecular flexibility index (Phi) is 7.54. The molecule has 5 rings (SSSR count). The predicted octanol–water partition coefficient (Wildman–Crippen LogP) is 3.62. The summed E-state index contributed by atoms with van der Waals surface area (Å²) in [5.74, 6) is -0.492. The van der Waals surface area contributed by atoms with Gasteiger partial charge in [-0.05, 0) is 74.1 Å². The van der Waals surface area contributed by atoms with E-state index >= 15 is 0 Å². The number of amides is 2. The van der Waals surface area contributed by atoms with Crippen LogP contribution in [0.3, 0.4) is 0 Å². The number of nitrogens with zero attached hydrogens (tertiary/aromatic N) is 3. The summed E-state index contributed by atoms with van der Waals surface area (Å²) in [6, 6.07) is 13.9. The third kappa shape index (κ3) is 5.93. The van der Waals surface area contributed by atoms with E-state index in [1.54, 1.807) is 9.80 Å². The lowest BCUT2D eigenvalue weighted by Crippen LogP contribution is -2.33. The van der Waals surface area contributed by atoms with E-state index in [4.69, 9.17) is 4.74 Å². The van der Waals surface area contributed by atoms with Crippen molar-refractivity contribution in [3.05, 3.63) is 71.0 Å². The average molecular weight is 580 g/mol. The van der Waals surface area contributed by atoms with Crippen molar-refractivity contribution >= 4 is 38.6 Å². The van der Waals surface area contributed by atoms with Crippen LogP contribution in [0.4, 0.5) is 10.3 Å². The minimum absolute atomic E-state index is 0.0119. The summed E-state index contributed by atoms with van der Waals surface area (Å²) in [5, 5.41) is 2.76. The van der Waals surface area contributed by atoms with E-state index in [9.17, 15) is 22.4 Å². The summed E-state index contributed by atoms with van der Waals surface area (Å²) in [6.07, 6.45) is 0.931. The summed E-state index contributed by atoms with van der Waals surface area (Å²) in [5.41, 5.74) is 4.10. The number of halogens is 1. The van der Waals surface area contributed by atoms with E-state index in [0.717, 1.165) is 34.5 Å². The molecule has 0 fully saturated rings. The number of aromatic amines is 1. The van der Waals surface area contributed by atoms with Crippen molar-refractivity contribution in [2.45, 2.75) is 18.4 Å². The highest BCUT2D eigenvalue weighted by molar-refractivity contribution is 7.90. The second-order valence-electron chi connectivity index (χ2n) is 10.3. The quantitative estimate of drug-likeness (QED) is 0.358. The first kappa shape index (κ1) is 28.2. The van der Waals surface area contributed by atoms with Crippen LogP contribution in [-0.2, 0) is 21.2 Å². The van der Waals surface area contributed by atoms with Gasteiger partial charge in [0.05, 0.1) is 24.1 Å². The van der Waals surface area contributed by atoms with Gasteiger partial charge in [0, 0.05) is 23.9 Å². The number of ether oxygens (including phenoxy) is 1. The predicted molar refractivity (Wildman–Crippen MR) is 153 cm³/mol. The number of sulfone groups is 1. The largest absolute Gasteiger partial charge is 0.491 e. The van der Waals surface area contributed by atoms with Gasteiger partial charge in [-0.2, -0.15) is 0 Å². The molecule has 2 heterocycles. The molecule has 0 aliphatic carbocycles. The van der Waals surface area contributed by atoms with E-state index < -0.39 is 26.5 Å². The van der Waals surface area contributed by atoms with Gasteiger partial charge in [-0.3, -0.25) is 14.9 Å². The molecule has 1 aliphatic rings. The lowest BCUT2D eigenvalue weighted by Gasteiger charge is -2.21. The third-order valence-corrected chi connectivity index (χ3v) is 7.96. The Labute approximate surface area is 237 Å². The van der Waals surface area contributed by atoms with Gasteiger partial charge >= 0.3 is 0 Å². The molecule has 0 bridgehead atoms. The van der Waals surface area contributed by atoms with E-state index in [0.29, 0.717) is 17.2 Å². The molecular formula is C29H30FN5O5S. The maximum absolute atomic E-state index is 14.9. The monoisotopic (exact) mass is 579 g/mol. The van der Waals surface area contributed by atoms with Crippen molar-refractivity contribution in [2.24, 2.45) is 0 Å². The minimum atomic E-state index is -3.77. The van der Waals surface area contributed by atoms with Gasteiger partial charge in [-0.25, -0.2) is 17.8 Å². The molecule has 10 nitrogen and oxygen atoms in total. The first-order valence-corrected chi connectivity index (χ1v) is 14.8. The Bertz CT molecular complexity index is 1780. The molecule has 12 heteroatoms. The number of nitrogens with one attached hydrogen (secondary N) is 2. The molecule has 1 aromatic heterocycles. The minimum Gasteiger partial charge on any atom is -0.491 e. The number of rotatable bonds is 6. The topological polar surface area (TPSA) is 125 Å². The van der Waals surface area contributed by atoms with E-state index in [2.05, 4.69) is 15.3 Å². The maximum Gasteiger partial charge on any atom is 0.254 e. The van der Waals surface area contributed by atoms with Gasteiger partial charge in [-0.1, -0.05) is 12.1 Å². The number of carbonyl (C=O) groups excluding carboxylic acids is 2. The van der Waals surface area contributed by atoms with Crippen molar-refractivity contribution in [1.82, 2.24) is 19.8 Å². The van der Waals surface area contributed by atoms with Gasteiger partial charge < -0.3 is 19.5 Å². The highest BCUT2D eigenvalue weighted by Gasteiger charge is 2.26. The first-order chi connectivity index (χ1) is 19.4. The molecule has 2 amide bonds. The van der Waals surface area contributed by atoms with Crippen LogP contribution in [0.2, 0.25) is 0 Å². The van der Waals surface area contributed by atoms with Gasteiger partial charge in [0.25, 0.3) is 5.91 Å². The standard InChI is InChI=1S/C29H30FN5O5S/c1-17-21(7-10-25(27(17)30)41(4,38)39)28(37)35-11-12-40-24-9-6-18(13-20(24)15-35)19-5-8-22-23(14-19)32-29(31-22)33-26(36)16-34(2)3/h5-10,13-14H,11-12,15-16H2,1-4H3,(H2,31,32,33,36). The van der Waals surface area contributed by atoms with Crippen LogP contribution < -0.4 is 10.1 Å². The molecule has 3 aromatic carbocycles. The van der Waals surface area contributed by atoms with Gasteiger partial charge in [0.1, 0.15) is 23.1 Å². The molecule has 0 atom stereocenters. The number of anilines is 1. The Hall–Kier alpha value is -4.29. The number of carbonyl (C=O) groups is 2. The van der Waals surface area contributed by atoms with Crippen LogP contribution in [0.5, 0.6) is 5.75 Å². The van der Waals surface area contributed by atoms with Crippen LogP contribution >= 0.6 is 0 Å². The molecule has 4 aromatic rings. The number of aromatic nitrogens is 2. The van der Waals surface area contributed by atoms with Crippen LogP contribution in [-0.4, -0.2) is 80.0 Å². The molecule has 1 aliphatic heterocycles. The van der Waals surface area contributed by atoms with E-state index in [1.807, 2.05) is 50.5 Å². The number of hydrogen-bond donors (Lipinski definition) is 2. The van der Waals surface area contributed by atoms with Gasteiger partial charge in [0.2, 0.25) is 11.9 Å². The molecule has 214 valence electrons. The van der Waals surface area contributed by atoms with Crippen LogP contribution in [0, 0.1) is 12.7 Å². The van der Waals surface area contributed by atoms with Crippen molar-refractivity contribution in [3.8, 4) is 16.9 Å². The molecule has 0 saturated heterocycles. The number of H-pyrrole nitrogens is 1. The Morgan fingerprint density at radius 2 is 1.85 bits per heavy atom. The average Bonchev–Trinajstić information content (AvgIpc) is 3.16. The summed E-state index contributed by atoms with van der Waals surface area (Å²) in [6.45, 7) is 2.40. The number of likely N-dealkylation sites (N-methyl/N-ethyl adjacent to an activating group) is 1. The first-order valence-electron chi connectivity index (χ1n) is 12.9. The zero-order valence-corrected chi connectivity index (χ0v) is 23.9. The third-order valence-electron chi connectivity index (χ3n) is 6.84. The van der Waals surface area contributed by atoms with Crippen molar-refractivity contribution in [3.63, 3.8) is 0 Å². The summed E-state index contributed by atoms with van der Waals surface area (Å²) >= 11 is 0. The summed E-state index contributed by atoms with van der Waals surface area (Å²) in [4.78, 5) is 36.0. The smallest absolute Gasteiger partial charge is 0.254 e. The van der Waals surface area contributed by atoms with E-state index in [1.165, 1.54) is 13.0 Å². The molecule has 0 radical (unpaired) electrons. The fourth-order valence-corrected chi connectivity index (χ4v) is 5.60. The Morgan fingerprint density at radius 1 is 1.12 bits per heavy atom. The second kappa shape index (κ2) is 10.9. The molecule has 0 unspecified atom stereocenters. The van der Waals surface area contributed by atoms with Crippen molar-refractivity contribution in [1.29, 1.82) is 0 Å². The fraction of sp³-hybridized carbons (Fsp3) is 0.276. The Morgan fingerprint density at radius 3 is 2.59 bits per heavy atom. The van der Waals surface area contributed by atoms with Crippen molar-refractivity contribution < 1.29 is 27.1 Å². The number of fused-ring (bicyclic) bond motifs is 2. The van der Waals surface area contributed by atoms with Crippen molar-refractivity contribution in [2.75, 3.05) is 45.4 Å². The number of imidazole rings is 1. The second-order valence-corrected chi connectivity index (χ2v) is 12.3. The zero-order valence-electron chi connectivity index (χ0n) is 23.1. The lowest BCUT2D eigenvalue weighted by atomic mass is 10.0. The normalized spacial score (nSPS) is 13.6. The van der Waals surface area contributed by atoms with Gasteiger partial charge in [-0.15, -0.1) is 0 Å². The molecular weight excluding hydrogens is 549 g/mol. The number of hydrogen-bond acceptors (Lipinski definition) is 7. The van der Waals surface area contributed by atoms with E-state index in [-0.39, 0.29) is 43.3 Å². The lowest BCUT2D eigenvalue weighted by molar-refractivity contribution is -0.116. The fourth-order valence-electron chi connectivity index (χ4n) is 4.80. The van der Waals surface area contributed by atoms with Crippen LogP contribution in [0.15, 0.2) is 53.4 Å². The maximum atomic E-state index is 14.9. The van der Waals surface area contributed by atoms with Crippen LogP contribution in [0.1, 0.15) is 21.5 Å². The molecule has 0 saturated carbocycles. The SMILES string of the molecule is Cc1c(C(=O)N2CCOc3ccc(-c4ccc5nc(NC(=O)CN(C)C)[nH]c5c4)cc3C2)ccc(S(C)(=O)=O)c1F. The summed E-state index contributed by atoms with van der Waals surface area (Å²) < 4.78 is 44.6. The molecule has 41 heavy (non-hydrogen) atoms. The highest BCUT2D eigenvalue weighted by Crippen LogP contribution is 2.32. The van der Waals surface area contributed by atoms with Gasteiger partial charge in [0.15, 0.2) is 9.84 Å². The summed E-state index contributed by atoms with van der Waals surface area (Å²) in [7, 11) is -0.150.